The molecule has 1 rings (SSSR count). The van der Waals surface area contributed by atoms with Crippen LogP contribution in [0.4, 0.5) is 0 Å². The van der Waals surface area contributed by atoms with Crippen molar-refractivity contribution in [1.82, 2.24) is 0 Å². The molecule has 80 valence electrons. The van der Waals surface area contributed by atoms with Crippen LogP contribution in [0.15, 0.2) is 43.0 Å². The fourth-order valence-corrected chi connectivity index (χ4v) is 1.27. The van der Waals surface area contributed by atoms with Crippen LogP contribution in [0, 0.1) is 0 Å². The Bertz CT molecular complexity index is 304. The van der Waals surface area contributed by atoms with Gasteiger partial charge < -0.3 is 4.74 Å². The zero-order valence-electron chi connectivity index (χ0n) is 8.82. The summed E-state index contributed by atoms with van der Waals surface area (Å²) in [5.74, 6) is 0.179. The van der Waals surface area contributed by atoms with E-state index >= 15 is 0 Å². The zero-order valence-corrected chi connectivity index (χ0v) is 8.82. The molecule has 0 amide bonds. The second kappa shape index (κ2) is 6.96. The van der Waals surface area contributed by atoms with Gasteiger partial charge in [0.25, 0.3) is 0 Å². The molecule has 0 saturated heterocycles. The fraction of sp³-hybridized carbons (Fsp3) is 0.308. The smallest absolute Gasteiger partial charge is 0.162 e. The summed E-state index contributed by atoms with van der Waals surface area (Å²) in [6, 6.07) is 9.34. The fourth-order valence-electron chi connectivity index (χ4n) is 1.27. The SMILES string of the molecule is C=CCOCCCC(=O)c1ccccc1. The van der Waals surface area contributed by atoms with Gasteiger partial charge in [-0.2, -0.15) is 0 Å². The molecule has 0 bridgehead atoms. The van der Waals surface area contributed by atoms with Gasteiger partial charge in [0.05, 0.1) is 6.61 Å². The van der Waals surface area contributed by atoms with Gasteiger partial charge in [-0.1, -0.05) is 36.4 Å². The van der Waals surface area contributed by atoms with Gasteiger partial charge in [0.15, 0.2) is 5.78 Å². The molecule has 15 heavy (non-hydrogen) atoms. The Morgan fingerprint density at radius 2 is 2.07 bits per heavy atom. The molecule has 0 radical (unpaired) electrons. The standard InChI is InChI=1S/C13H16O2/c1-2-10-15-11-6-9-13(14)12-7-4-3-5-8-12/h2-5,7-8H,1,6,9-11H2. The molecule has 0 atom stereocenters. The van der Waals surface area contributed by atoms with Crippen molar-refractivity contribution in [2.24, 2.45) is 0 Å². The molecule has 2 nitrogen and oxygen atoms in total. The maximum atomic E-state index is 11.6. The summed E-state index contributed by atoms with van der Waals surface area (Å²) in [5.41, 5.74) is 0.779. The van der Waals surface area contributed by atoms with E-state index in [1.54, 1.807) is 6.08 Å². The highest BCUT2D eigenvalue weighted by molar-refractivity contribution is 5.95. The monoisotopic (exact) mass is 204 g/mol. The molecule has 0 heterocycles. The number of hydrogen-bond donors (Lipinski definition) is 0. The van der Waals surface area contributed by atoms with Gasteiger partial charge >= 0.3 is 0 Å². The lowest BCUT2D eigenvalue weighted by atomic mass is 10.1. The van der Waals surface area contributed by atoms with Crippen molar-refractivity contribution in [1.29, 1.82) is 0 Å². The topological polar surface area (TPSA) is 26.3 Å². The van der Waals surface area contributed by atoms with Crippen LogP contribution in [0.5, 0.6) is 0 Å². The minimum absolute atomic E-state index is 0.179. The van der Waals surface area contributed by atoms with Gasteiger partial charge in [0.1, 0.15) is 0 Å². The number of rotatable bonds is 7. The Morgan fingerprint density at radius 1 is 1.33 bits per heavy atom. The first kappa shape index (κ1) is 11.7. The van der Waals surface area contributed by atoms with E-state index in [1.165, 1.54) is 0 Å². The van der Waals surface area contributed by atoms with Crippen molar-refractivity contribution in [2.45, 2.75) is 12.8 Å². The first-order valence-corrected chi connectivity index (χ1v) is 5.11. The van der Waals surface area contributed by atoms with Crippen LogP contribution in [-0.4, -0.2) is 19.0 Å². The third-order valence-corrected chi connectivity index (χ3v) is 2.02. The van der Waals surface area contributed by atoms with Crippen molar-refractivity contribution >= 4 is 5.78 Å². The van der Waals surface area contributed by atoms with Gasteiger partial charge in [0.2, 0.25) is 0 Å². The highest BCUT2D eigenvalue weighted by atomic mass is 16.5. The average Bonchev–Trinajstić information content (AvgIpc) is 2.30. The molecule has 0 fully saturated rings. The third kappa shape index (κ3) is 4.56. The summed E-state index contributed by atoms with van der Waals surface area (Å²) >= 11 is 0. The Balaban J connectivity index is 2.22. The van der Waals surface area contributed by atoms with Crippen LogP contribution in [0.3, 0.4) is 0 Å². The number of carbonyl (C=O) groups is 1. The summed E-state index contributed by atoms with van der Waals surface area (Å²) in [7, 11) is 0. The maximum absolute atomic E-state index is 11.6. The molecular formula is C13H16O2. The number of benzene rings is 1. The molecule has 0 aliphatic rings. The molecule has 0 saturated carbocycles. The Hall–Kier alpha value is -1.41. The number of ether oxygens (including phenoxy) is 1. The summed E-state index contributed by atoms with van der Waals surface area (Å²) in [6.07, 6.45) is 3.02. The summed E-state index contributed by atoms with van der Waals surface area (Å²) in [6.45, 7) is 4.72. The molecule has 0 aromatic heterocycles. The van der Waals surface area contributed by atoms with Crippen LogP contribution < -0.4 is 0 Å². The minimum Gasteiger partial charge on any atom is -0.377 e. The van der Waals surface area contributed by atoms with E-state index in [-0.39, 0.29) is 5.78 Å². The number of hydrogen-bond acceptors (Lipinski definition) is 2. The number of carbonyl (C=O) groups excluding carboxylic acids is 1. The normalized spacial score (nSPS) is 9.87. The van der Waals surface area contributed by atoms with E-state index < -0.39 is 0 Å². The molecule has 2 heteroatoms. The van der Waals surface area contributed by atoms with Gasteiger partial charge in [-0.15, -0.1) is 6.58 Å². The lowest BCUT2D eigenvalue weighted by molar-refractivity contribution is 0.0954. The second-order valence-corrected chi connectivity index (χ2v) is 3.26. The van der Waals surface area contributed by atoms with Crippen molar-refractivity contribution in [3.05, 3.63) is 48.6 Å². The first-order valence-electron chi connectivity index (χ1n) is 5.11. The highest BCUT2D eigenvalue weighted by Crippen LogP contribution is 2.04. The van der Waals surface area contributed by atoms with Gasteiger partial charge in [-0.25, -0.2) is 0 Å². The zero-order chi connectivity index (χ0) is 10.9. The van der Waals surface area contributed by atoms with E-state index in [2.05, 4.69) is 6.58 Å². The van der Waals surface area contributed by atoms with E-state index in [0.29, 0.717) is 19.6 Å². The molecule has 1 aromatic rings. The first-order chi connectivity index (χ1) is 7.34. The second-order valence-electron chi connectivity index (χ2n) is 3.26. The molecular weight excluding hydrogens is 188 g/mol. The Morgan fingerprint density at radius 3 is 2.73 bits per heavy atom. The summed E-state index contributed by atoms with van der Waals surface area (Å²) < 4.78 is 5.20. The molecule has 0 unspecified atom stereocenters. The highest BCUT2D eigenvalue weighted by Gasteiger charge is 2.03. The number of Topliss-reactive ketones (excluding diaryl/α,β-unsaturated/α-hetero) is 1. The van der Waals surface area contributed by atoms with Gasteiger partial charge in [-0.3, -0.25) is 4.79 Å². The van der Waals surface area contributed by atoms with Crippen molar-refractivity contribution in [3.8, 4) is 0 Å². The summed E-state index contributed by atoms with van der Waals surface area (Å²) in [5, 5.41) is 0. The maximum Gasteiger partial charge on any atom is 0.162 e. The lowest BCUT2D eigenvalue weighted by Crippen LogP contribution is -2.02. The van der Waals surface area contributed by atoms with Crippen LogP contribution in [-0.2, 0) is 4.74 Å². The molecule has 0 spiro atoms. The molecule has 0 aliphatic carbocycles. The quantitative estimate of drug-likeness (QED) is 0.388. The van der Waals surface area contributed by atoms with Crippen molar-refractivity contribution in [3.63, 3.8) is 0 Å². The molecule has 0 N–H and O–H groups in total. The van der Waals surface area contributed by atoms with Crippen LogP contribution in [0.2, 0.25) is 0 Å². The van der Waals surface area contributed by atoms with Crippen molar-refractivity contribution in [2.75, 3.05) is 13.2 Å². The number of ketones is 1. The predicted octanol–water partition coefficient (Wildman–Crippen LogP) is 2.85. The van der Waals surface area contributed by atoms with E-state index in [9.17, 15) is 4.79 Å². The van der Waals surface area contributed by atoms with Crippen LogP contribution >= 0.6 is 0 Å². The van der Waals surface area contributed by atoms with Crippen molar-refractivity contribution < 1.29 is 9.53 Å². The van der Waals surface area contributed by atoms with Gasteiger partial charge in [0, 0.05) is 18.6 Å². The minimum atomic E-state index is 0.179. The average molecular weight is 204 g/mol. The lowest BCUT2D eigenvalue weighted by Gasteiger charge is -2.01. The molecule has 0 aliphatic heterocycles. The largest absolute Gasteiger partial charge is 0.377 e. The predicted molar refractivity (Wildman–Crippen MR) is 61.0 cm³/mol. The third-order valence-electron chi connectivity index (χ3n) is 2.02. The van der Waals surface area contributed by atoms with E-state index in [4.69, 9.17) is 4.74 Å². The van der Waals surface area contributed by atoms with Crippen LogP contribution in [0.25, 0.3) is 0 Å². The van der Waals surface area contributed by atoms with Gasteiger partial charge in [-0.05, 0) is 6.42 Å². The Kier molecular flexibility index (Phi) is 5.41. The summed E-state index contributed by atoms with van der Waals surface area (Å²) in [4.78, 5) is 11.6. The molecule has 1 aromatic carbocycles. The van der Waals surface area contributed by atoms with Crippen LogP contribution in [0.1, 0.15) is 23.2 Å². The van der Waals surface area contributed by atoms with E-state index in [0.717, 1.165) is 12.0 Å². The Labute approximate surface area is 90.6 Å². The van der Waals surface area contributed by atoms with E-state index in [1.807, 2.05) is 30.3 Å².